The van der Waals surface area contributed by atoms with Gasteiger partial charge in [-0.1, -0.05) is 18.2 Å². The molecule has 1 N–H and O–H groups in total. The van der Waals surface area contributed by atoms with Crippen molar-refractivity contribution in [3.8, 4) is 23.0 Å². The van der Waals surface area contributed by atoms with Gasteiger partial charge in [0, 0.05) is 0 Å². The number of ether oxygens (including phenoxy) is 3. The van der Waals surface area contributed by atoms with E-state index < -0.39 is 5.97 Å². The zero-order valence-electron chi connectivity index (χ0n) is 9.83. The van der Waals surface area contributed by atoms with Crippen molar-refractivity contribution in [2.24, 2.45) is 0 Å². The van der Waals surface area contributed by atoms with E-state index in [0.717, 1.165) is 0 Å². The summed E-state index contributed by atoms with van der Waals surface area (Å²) >= 11 is 0. The number of carbonyl (C=O) groups is 1. The van der Waals surface area contributed by atoms with Crippen molar-refractivity contribution >= 4 is 5.97 Å². The van der Waals surface area contributed by atoms with Gasteiger partial charge in [-0.05, 0) is 24.3 Å². The van der Waals surface area contributed by atoms with Crippen LogP contribution in [0.3, 0.4) is 0 Å². The van der Waals surface area contributed by atoms with Crippen molar-refractivity contribution in [3.63, 3.8) is 0 Å². The van der Waals surface area contributed by atoms with Crippen LogP contribution >= 0.6 is 0 Å². The Kier molecular flexibility index (Phi) is 2.72. The van der Waals surface area contributed by atoms with E-state index in [0.29, 0.717) is 17.2 Å². The first-order valence-corrected chi connectivity index (χ1v) is 5.64. The highest BCUT2D eigenvalue weighted by molar-refractivity contribution is 5.93. The first-order valence-electron chi connectivity index (χ1n) is 5.64. The average molecular weight is 258 g/mol. The van der Waals surface area contributed by atoms with Gasteiger partial charge in [0.1, 0.15) is 11.3 Å². The van der Waals surface area contributed by atoms with Gasteiger partial charge in [-0.25, -0.2) is 4.79 Å². The van der Waals surface area contributed by atoms with Crippen LogP contribution in [-0.4, -0.2) is 17.9 Å². The molecule has 0 saturated heterocycles. The van der Waals surface area contributed by atoms with Crippen LogP contribution in [0.2, 0.25) is 0 Å². The van der Waals surface area contributed by atoms with E-state index in [-0.39, 0.29) is 18.1 Å². The van der Waals surface area contributed by atoms with Gasteiger partial charge in [-0.15, -0.1) is 0 Å². The minimum atomic E-state index is -1.06. The Morgan fingerprint density at radius 3 is 2.53 bits per heavy atom. The summed E-state index contributed by atoms with van der Waals surface area (Å²) in [5.74, 6) is 0.546. The van der Waals surface area contributed by atoms with Gasteiger partial charge < -0.3 is 19.3 Å². The monoisotopic (exact) mass is 258 g/mol. The molecule has 2 aromatic carbocycles. The van der Waals surface area contributed by atoms with Crippen molar-refractivity contribution < 1.29 is 24.1 Å². The molecule has 0 atom stereocenters. The second-order valence-electron chi connectivity index (χ2n) is 3.90. The summed E-state index contributed by atoms with van der Waals surface area (Å²) < 4.78 is 16.1. The predicted molar refractivity (Wildman–Crippen MR) is 66.0 cm³/mol. The minimum absolute atomic E-state index is 0.00915. The number of benzene rings is 2. The maximum Gasteiger partial charge on any atom is 0.339 e. The zero-order chi connectivity index (χ0) is 13.2. The molecule has 96 valence electrons. The quantitative estimate of drug-likeness (QED) is 0.916. The third-order valence-electron chi connectivity index (χ3n) is 2.68. The molecule has 1 aliphatic rings. The van der Waals surface area contributed by atoms with Crippen molar-refractivity contribution in [1.29, 1.82) is 0 Å². The number of para-hydroxylation sites is 1. The summed E-state index contributed by atoms with van der Waals surface area (Å²) in [4.78, 5) is 11.1. The van der Waals surface area contributed by atoms with Crippen LogP contribution in [0.1, 0.15) is 10.4 Å². The fourth-order valence-electron chi connectivity index (χ4n) is 1.84. The smallest absolute Gasteiger partial charge is 0.339 e. The van der Waals surface area contributed by atoms with Crippen LogP contribution in [0, 0.1) is 0 Å². The summed E-state index contributed by atoms with van der Waals surface area (Å²) in [6.45, 7) is -0.00915. The highest BCUT2D eigenvalue weighted by atomic mass is 16.7. The number of fused-ring (bicyclic) bond motifs is 1. The topological polar surface area (TPSA) is 65.0 Å². The van der Waals surface area contributed by atoms with E-state index in [1.807, 2.05) is 18.2 Å². The molecule has 19 heavy (non-hydrogen) atoms. The van der Waals surface area contributed by atoms with Crippen LogP contribution in [0.15, 0.2) is 42.5 Å². The van der Waals surface area contributed by atoms with E-state index >= 15 is 0 Å². The molecule has 0 radical (unpaired) electrons. The second-order valence-corrected chi connectivity index (χ2v) is 3.90. The van der Waals surface area contributed by atoms with Gasteiger partial charge in [0.25, 0.3) is 0 Å². The Morgan fingerprint density at radius 2 is 1.79 bits per heavy atom. The van der Waals surface area contributed by atoms with Gasteiger partial charge in [0.05, 0.1) is 0 Å². The predicted octanol–water partition coefficient (Wildman–Crippen LogP) is 2.91. The van der Waals surface area contributed by atoms with Crippen molar-refractivity contribution in [3.05, 3.63) is 48.0 Å². The number of rotatable bonds is 3. The Hall–Kier alpha value is -2.69. The van der Waals surface area contributed by atoms with Crippen LogP contribution in [0.25, 0.3) is 0 Å². The molecule has 0 fully saturated rings. The van der Waals surface area contributed by atoms with E-state index in [9.17, 15) is 4.79 Å². The molecule has 0 aromatic heterocycles. The van der Waals surface area contributed by atoms with Crippen LogP contribution in [0.5, 0.6) is 23.0 Å². The molecule has 5 heteroatoms. The lowest BCUT2D eigenvalue weighted by atomic mass is 10.1. The lowest BCUT2D eigenvalue weighted by Crippen LogP contribution is -1.99. The van der Waals surface area contributed by atoms with E-state index in [4.69, 9.17) is 19.3 Å². The molecule has 1 aliphatic heterocycles. The highest BCUT2D eigenvalue weighted by Crippen LogP contribution is 2.44. The van der Waals surface area contributed by atoms with Gasteiger partial charge in [-0.3, -0.25) is 0 Å². The molecule has 5 nitrogen and oxygen atoms in total. The number of carboxylic acid groups (broad SMARTS) is 1. The molecule has 0 saturated carbocycles. The van der Waals surface area contributed by atoms with Crippen molar-refractivity contribution in [2.75, 3.05) is 6.79 Å². The molecule has 0 unspecified atom stereocenters. The average Bonchev–Trinajstić information content (AvgIpc) is 2.89. The van der Waals surface area contributed by atoms with E-state index in [1.54, 1.807) is 18.2 Å². The number of hydrogen-bond donors (Lipinski definition) is 1. The molecule has 3 rings (SSSR count). The zero-order valence-corrected chi connectivity index (χ0v) is 9.83. The Labute approximate surface area is 109 Å². The number of aromatic carboxylic acids is 1. The SMILES string of the molecule is O=C(O)c1ccc(Oc2ccccc2)c2c1OCO2. The fourth-order valence-corrected chi connectivity index (χ4v) is 1.84. The molecule has 0 spiro atoms. The molecular formula is C14H10O5. The maximum absolute atomic E-state index is 11.1. The van der Waals surface area contributed by atoms with E-state index in [1.165, 1.54) is 6.07 Å². The second kappa shape index (κ2) is 4.53. The van der Waals surface area contributed by atoms with Crippen LogP contribution in [0.4, 0.5) is 0 Å². The molecule has 2 aromatic rings. The first-order chi connectivity index (χ1) is 9.25. The lowest BCUT2D eigenvalue weighted by Gasteiger charge is -2.09. The largest absolute Gasteiger partial charge is 0.478 e. The third-order valence-corrected chi connectivity index (χ3v) is 2.68. The molecule has 0 aliphatic carbocycles. The summed E-state index contributed by atoms with van der Waals surface area (Å²) in [5, 5.41) is 9.05. The summed E-state index contributed by atoms with van der Waals surface area (Å²) in [6.07, 6.45) is 0. The first kappa shape index (κ1) is 11.4. The summed E-state index contributed by atoms with van der Waals surface area (Å²) in [6, 6.07) is 12.2. The summed E-state index contributed by atoms with van der Waals surface area (Å²) in [7, 11) is 0. The standard InChI is InChI=1S/C14H10O5/c15-14(16)10-6-7-11(13-12(10)17-8-18-13)19-9-4-2-1-3-5-9/h1-7H,8H2,(H,15,16). The lowest BCUT2D eigenvalue weighted by molar-refractivity contribution is 0.0692. The molecule has 0 bridgehead atoms. The van der Waals surface area contributed by atoms with E-state index in [2.05, 4.69) is 0 Å². The number of hydrogen-bond acceptors (Lipinski definition) is 4. The van der Waals surface area contributed by atoms with Gasteiger partial charge in [0.2, 0.25) is 12.5 Å². The molecule has 0 amide bonds. The summed E-state index contributed by atoms with van der Waals surface area (Å²) in [5.41, 5.74) is 0.0629. The van der Waals surface area contributed by atoms with Crippen LogP contribution < -0.4 is 14.2 Å². The Morgan fingerprint density at radius 1 is 1.05 bits per heavy atom. The molecular weight excluding hydrogens is 248 g/mol. The van der Waals surface area contributed by atoms with Gasteiger partial charge in [0.15, 0.2) is 11.5 Å². The van der Waals surface area contributed by atoms with Crippen molar-refractivity contribution in [1.82, 2.24) is 0 Å². The Bertz CT molecular complexity index is 621. The van der Waals surface area contributed by atoms with Crippen molar-refractivity contribution in [2.45, 2.75) is 0 Å². The van der Waals surface area contributed by atoms with Gasteiger partial charge >= 0.3 is 5.97 Å². The third kappa shape index (κ3) is 2.06. The number of carboxylic acids is 1. The molecule has 1 heterocycles. The maximum atomic E-state index is 11.1. The normalized spacial score (nSPS) is 12.2. The Balaban J connectivity index is 2.00. The fraction of sp³-hybridized carbons (Fsp3) is 0.0714. The van der Waals surface area contributed by atoms with Crippen LogP contribution in [-0.2, 0) is 0 Å². The highest BCUT2D eigenvalue weighted by Gasteiger charge is 2.26. The minimum Gasteiger partial charge on any atom is -0.478 e. The van der Waals surface area contributed by atoms with Gasteiger partial charge in [-0.2, -0.15) is 0 Å².